The van der Waals surface area contributed by atoms with Crippen LogP contribution in [0.3, 0.4) is 0 Å². The van der Waals surface area contributed by atoms with Crippen LogP contribution in [-0.4, -0.2) is 33.7 Å². The van der Waals surface area contributed by atoms with Crippen molar-refractivity contribution in [2.75, 3.05) is 5.32 Å². The predicted molar refractivity (Wildman–Crippen MR) is 120 cm³/mol. The van der Waals surface area contributed by atoms with Crippen molar-refractivity contribution in [2.24, 2.45) is 5.73 Å². The molecule has 0 fully saturated rings. The Bertz CT molecular complexity index is 1220. The number of carbonyl (C=O) groups excluding carboxylic acids is 3. The van der Waals surface area contributed by atoms with Crippen LogP contribution in [0, 0.1) is 12.7 Å². The highest BCUT2D eigenvalue weighted by Crippen LogP contribution is 2.34. The van der Waals surface area contributed by atoms with E-state index in [0.29, 0.717) is 11.3 Å². The maximum atomic E-state index is 13.2. The van der Waals surface area contributed by atoms with Crippen molar-refractivity contribution in [2.45, 2.75) is 33.6 Å². The van der Waals surface area contributed by atoms with E-state index in [9.17, 15) is 18.8 Å². The molecule has 0 saturated heterocycles. The van der Waals surface area contributed by atoms with Gasteiger partial charge in [0.15, 0.2) is 12.4 Å². The van der Waals surface area contributed by atoms with Crippen molar-refractivity contribution in [3.63, 3.8) is 0 Å². The number of primary amides is 1. The van der Waals surface area contributed by atoms with Crippen LogP contribution in [0.2, 0.25) is 5.02 Å². The van der Waals surface area contributed by atoms with Gasteiger partial charge in [0.1, 0.15) is 16.6 Å². The molecule has 174 valence electrons. The lowest BCUT2D eigenvalue weighted by molar-refractivity contribution is 0.0379. The molecule has 2 aromatic heterocycles. The summed E-state index contributed by atoms with van der Waals surface area (Å²) in [7, 11) is 0. The van der Waals surface area contributed by atoms with Crippen molar-refractivity contribution in [3.8, 4) is 5.75 Å². The number of amides is 2. The van der Waals surface area contributed by atoms with E-state index in [4.69, 9.17) is 26.8 Å². The summed E-state index contributed by atoms with van der Waals surface area (Å²) in [4.78, 5) is 37.1. The molecule has 0 atom stereocenters. The van der Waals surface area contributed by atoms with Crippen molar-refractivity contribution in [1.82, 2.24) is 9.78 Å². The van der Waals surface area contributed by atoms with Crippen molar-refractivity contribution in [1.29, 1.82) is 0 Å². The summed E-state index contributed by atoms with van der Waals surface area (Å²) in [5.74, 6) is -2.27. The van der Waals surface area contributed by atoms with Crippen molar-refractivity contribution < 1.29 is 28.2 Å². The lowest BCUT2D eigenvalue weighted by Crippen LogP contribution is -2.18. The minimum Gasteiger partial charge on any atom is -0.471 e. The van der Waals surface area contributed by atoms with Crippen LogP contribution in [0.15, 0.2) is 30.5 Å². The van der Waals surface area contributed by atoms with Crippen LogP contribution in [0.5, 0.6) is 5.75 Å². The Morgan fingerprint density at radius 3 is 2.67 bits per heavy atom. The van der Waals surface area contributed by atoms with E-state index in [1.54, 1.807) is 20.8 Å². The second-order valence-corrected chi connectivity index (χ2v) is 8.55. The van der Waals surface area contributed by atoms with Gasteiger partial charge in [-0.1, -0.05) is 11.6 Å². The van der Waals surface area contributed by atoms with Crippen molar-refractivity contribution in [3.05, 3.63) is 63.0 Å². The van der Waals surface area contributed by atoms with Gasteiger partial charge in [-0.05, 0) is 44.5 Å². The van der Waals surface area contributed by atoms with E-state index >= 15 is 0 Å². The summed E-state index contributed by atoms with van der Waals surface area (Å²) in [5, 5.41) is 6.76. The molecular weight excluding hydrogens is 475 g/mol. The molecule has 3 N–H and O–H groups in total. The topological polar surface area (TPSA) is 126 Å². The number of rotatable bonds is 8. The van der Waals surface area contributed by atoms with E-state index in [-0.39, 0.29) is 32.9 Å². The number of hydrogen-bond acceptors (Lipinski definition) is 7. The van der Waals surface area contributed by atoms with Crippen LogP contribution < -0.4 is 15.8 Å². The van der Waals surface area contributed by atoms with Crippen LogP contribution >= 0.6 is 22.9 Å². The lowest BCUT2D eigenvalue weighted by atomic mass is 10.1. The van der Waals surface area contributed by atoms with E-state index in [0.717, 1.165) is 11.3 Å². The number of benzene rings is 1. The number of ether oxygens (including phenoxy) is 2. The molecule has 9 nitrogen and oxygen atoms in total. The molecule has 2 amide bonds. The second-order valence-electron chi connectivity index (χ2n) is 7.12. The molecular formula is C21H20ClFN4O5S. The summed E-state index contributed by atoms with van der Waals surface area (Å²) in [6, 6.07) is 5.34. The fourth-order valence-electron chi connectivity index (χ4n) is 2.78. The molecule has 3 rings (SSSR count). The summed E-state index contributed by atoms with van der Waals surface area (Å²) < 4.78 is 25.3. The fourth-order valence-corrected chi connectivity index (χ4v) is 4.00. The van der Waals surface area contributed by atoms with Crippen LogP contribution in [0.4, 0.5) is 9.39 Å². The van der Waals surface area contributed by atoms with Gasteiger partial charge in [-0.15, -0.1) is 11.3 Å². The molecule has 0 aliphatic rings. The second kappa shape index (κ2) is 10.0. The quantitative estimate of drug-likeness (QED) is 0.456. The number of hydrogen-bond donors (Lipinski definition) is 2. The molecule has 0 saturated carbocycles. The summed E-state index contributed by atoms with van der Waals surface area (Å²) in [5.41, 5.74) is 5.81. The zero-order chi connectivity index (χ0) is 24.3. The number of carbonyl (C=O) groups is 3. The van der Waals surface area contributed by atoms with Crippen molar-refractivity contribution >= 4 is 45.7 Å². The minimum atomic E-state index is -0.723. The highest BCUT2D eigenvalue weighted by Gasteiger charge is 2.27. The Hall–Kier alpha value is -3.44. The SMILES string of the molecule is Cc1c(C(N)=O)sc(NC(=O)c2ccn(COc3ccc(F)c(Cl)c3)n2)c1C(=O)OC(C)C. The molecule has 0 aliphatic heterocycles. The number of thiophene rings is 1. The molecule has 2 heterocycles. The Balaban J connectivity index is 1.75. The van der Waals surface area contributed by atoms with E-state index in [1.807, 2.05) is 0 Å². The molecule has 1 aromatic carbocycles. The first-order valence-electron chi connectivity index (χ1n) is 9.63. The number of nitrogens with one attached hydrogen (secondary N) is 1. The normalized spacial score (nSPS) is 10.8. The van der Waals surface area contributed by atoms with Gasteiger partial charge in [0.05, 0.1) is 21.6 Å². The molecule has 0 bridgehead atoms. The third-order valence-electron chi connectivity index (χ3n) is 4.27. The number of nitrogens with two attached hydrogens (primary N) is 1. The summed E-state index contributed by atoms with van der Waals surface area (Å²) in [6.45, 7) is 4.85. The van der Waals surface area contributed by atoms with Gasteiger partial charge < -0.3 is 20.5 Å². The first-order valence-corrected chi connectivity index (χ1v) is 10.8. The van der Waals surface area contributed by atoms with Crippen LogP contribution in [0.1, 0.15) is 49.9 Å². The minimum absolute atomic E-state index is 0.0330. The third kappa shape index (κ3) is 5.68. The summed E-state index contributed by atoms with van der Waals surface area (Å²) >= 11 is 6.60. The molecule has 0 spiro atoms. The van der Waals surface area contributed by atoms with E-state index < -0.39 is 29.7 Å². The van der Waals surface area contributed by atoms with Gasteiger partial charge in [-0.2, -0.15) is 5.10 Å². The Morgan fingerprint density at radius 2 is 2.03 bits per heavy atom. The largest absolute Gasteiger partial charge is 0.471 e. The molecule has 0 aliphatic carbocycles. The number of anilines is 1. The smallest absolute Gasteiger partial charge is 0.341 e. The standard InChI is InChI=1S/C21H20ClFN4O5S/c1-10(2)32-21(30)16-11(3)17(18(24)28)33-20(16)25-19(29)15-6-7-27(26-15)9-31-12-4-5-14(23)13(22)8-12/h4-8,10H,9H2,1-3H3,(H2,24,28)(H,25,29). The number of aromatic nitrogens is 2. The first-order chi connectivity index (χ1) is 15.6. The molecule has 0 unspecified atom stereocenters. The van der Waals surface area contributed by atoms with Gasteiger partial charge in [-0.3, -0.25) is 9.59 Å². The molecule has 3 aromatic rings. The Kier molecular flexibility index (Phi) is 7.34. The van der Waals surface area contributed by atoms with Gasteiger partial charge in [0.2, 0.25) is 0 Å². The summed E-state index contributed by atoms with van der Waals surface area (Å²) in [6.07, 6.45) is 1.10. The van der Waals surface area contributed by atoms with Crippen LogP contribution in [0.25, 0.3) is 0 Å². The Morgan fingerprint density at radius 1 is 1.30 bits per heavy atom. The highest BCUT2D eigenvalue weighted by molar-refractivity contribution is 7.18. The maximum Gasteiger partial charge on any atom is 0.341 e. The third-order valence-corrected chi connectivity index (χ3v) is 5.78. The fraction of sp³-hybridized carbons (Fsp3) is 0.238. The average Bonchev–Trinajstić information content (AvgIpc) is 3.33. The molecule has 33 heavy (non-hydrogen) atoms. The van der Waals surface area contributed by atoms with Crippen LogP contribution in [-0.2, 0) is 11.5 Å². The highest BCUT2D eigenvalue weighted by atomic mass is 35.5. The number of halogens is 2. The zero-order valence-corrected chi connectivity index (χ0v) is 19.4. The van der Waals surface area contributed by atoms with Gasteiger partial charge in [-0.25, -0.2) is 13.9 Å². The van der Waals surface area contributed by atoms with E-state index in [1.165, 1.54) is 35.1 Å². The monoisotopic (exact) mass is 494 g/mol. The van der Waals surface area contributed by atoms with Gasteiger partial charge in [0, 0.05) is 12.3 Å². The van der Waals surface area contributed by atoms with Gasteiger partial charge in [0.25, 0.3) is 11.8 Å². The lowest BCUT2D eigenvalue weighted by Gasteiger charge is -2.10. The zero-order valence-electron chi connectivity index (χ0n) is 17.8. The number of nitrogens with zero attached hydrogens (tertiary/aromatic N) is 2. The maximum absolute atomic E-state index is 13.2. The Labute approximate surface area is 197 Å². The van der Waals surface area contributed by atoms with Gasteiger partial charge >= 0.3 is 5.97 Å². The predicted octanol–water partition coefficient (Wildman–Crippen LogP) is 4.00. The molecule has 12 heteroatoms. The first kappa shape index (κ1) is 24.2. The molecule has 0 radical (unpaired) electrons. The van der Waals surface area contributed by atoms with E-state index in [2.05, 4.69) is 10.4 Å². The number of esters is 1. The average molecular weight is 495 g/mol.